The maximum atomic E-state index is 11.9. The lowest BCUT2D eigenvalue weighted by molar-refractivity contribution is -0.137. The number of hydrogen-bond donors (Lipinski definition) is 0. The molecule has 0 spiro atoms. The predicted molar refractivity (Wildman–Crippen MR) is 59.7 cm³/mol. The maximum absolute atomic E-state index is 11.9. The molecule has 0 aliphatic heterocycles. The number of benzene rings is 1. The van der Waals surface area contributed by atoms with Crippen molar-refractivity contribution >= 4 is 22.7 Å². The molecule has 5 heteroatoms. The highest BCUT2D eigenvalue weighted by atomic mass is 16.5. The molecule has 0 aliphatic carbocycles. The summed E-state index contributed by atoms with van der Waals surface area (Å²) in [5.41, 5.74) is 1.32. The highest BCUT2D eigenvalue weighted by Crippen LogP contribution is 2.22. The molecule has 0 atom stereocenters. The van der Waals surface area contributed by atoms with Crippen molar-refractivity contribution < 1.29 is 18.8 Å². The normalized spacial score (nSPS) is 10.5. The van der Waals surface area contributed by atoms with Crippen molar-refractivity contribution in [2.24, 2.45) is 0 Å². The van der Waals surface area contributed by atoms with Crippen LogP contribution in [0.1, 0.15) is 23.0 Å². The Hall–Kier alpha value is -2.17. The van der Waals surface area contributed by atoms with E-state index in [2.05, 4.69) is 9.89 Å². The topological polar surface area (TPSA) is 69.4 Å². The summed E-state index contributed by atoms with van der Waals surface area (Å²) in [5, 5.41) is 4.33. The van der Waals surface area contributed by atoms with Crippen LogP contribution in [0.5, 0.6) is 0 Å². The number of fused-ring (bicyclic) bond motifs is 1. The van der Waals surface area contributed by atoms with Gasteiger partial charge in [-0.2, -0.15) is 0 Å². The van der Waals surface area contributed by atoms with Crippen LogP contribution in [0.4, 0.5) is 0 Å². The molecule has 2 aromatic rings. The minimum absolute atomic E-state index is 0.170. The number of Topliss-reactive ketones (excluding diaryl/α,β-unsaturated/α-hetero) is 1. The van der Waals surface area contributed by atoms with Gasteiger partial charge in [-0.1, -0.05) is 11.2 Å². The van der Waals surface area contributed by atoms with E-state index in [-0.39, 0.29) is 12.2 Å². The summed E-state index contributed by atoms with van der Waals surface area (Å²) in [7, 11) is 0. The molecule has 2 rings (SSSR count). The van der Waals surface area contributed by atoms with Gasteiger partial charge in [0.15, 0.2) is 5.58 Å². The largest absolute Gasteiger partial charge is 0.460 e. The van der Waals surface area contributed by atoms with Crippen molar-refractivity contribution in [3.63, 3.8) is 0 Å². The summed E-state index contributed by atoms with van der Waals surface area (Å²) >= 11 is 0. The van der Waals surface area contributed by atoms with Gasteiger partial charge < -0.3 is 9.26 Å². The smallest absolute Gasteiger partial charge is 0.379 e. The number of aromatic nitrogens is 1. The van der Waals surface area contributed by atoms with Gasteiger partial charge in [-0.15, -0.1) is 0 Å². The van der Waals surface area contributed by atoms with Gasteiger partial charge in [-0.3, -0.25) is 4.79 Å². The molecule has 0 radical (unpaired) electrons. The molecule has 5 nitrogen and oxygen atoms in total. The SMILES string of the molecule is CCOC(=O)C(=O)c1cccc2onc(C)c12. The highest BCUT2D eigenvalue weighted by Gasteiger charge is 2.22. The molecule has 0 saturated heterocycles. The molecule has 0 aliphatic rings. The van der Waals surface area contributed by atoms with E-state index >= 15 is 0 Å². The van der Waals surface area contributed by atoms with Gasteiger partial charge in [-0.05, 0) is 26.0 Å². The van der Waals surface area contributed by atoms with Crippen molar-refractivity contribution in [3.8, 4) is 0 Å². The van der Waals surface area contributed by atoms with Crippen molar-refractivity contribution in [1.82, 2.24) is 5.16 Å². The Morgan fingerprint density at radius 2 is 2.18 bits per heavy atom. The van der Waals surface area contributed by atoms with Crippen LogP contribution in [0.3, 0.4) is 0 Å². The van der Waals surface area contributed by atoms with E-state index in [9.17, 15) is 9.59 Å². The highest BCUT2D eigenvalue weighted by molar-refractivity contribution is 6.42. The third-order valence-corrected chi connectivity index (χ3v) is 2.37. The van der Waals surface area contributed by atoms with Crippen LogP contribution in [0.2, 0.25) is 0 Å². The first-order chi connectivity index (χ1) is 8.15. The first-order valence-corrected chi connectivity index (χ1v) is 5.21. The van der Waals surface area contributed by atoms with Gasteiger partial charge in [0.1, 0.15) is 0 Å². The van der Waals surface area contributed by atoms with E-state index < -0.39 is 11.8 Å². The molecule has 0 bridgehead atoms. The molecule has 0 saturated carbocycles. The molecular formula is C12H11NO4. The lowest BCUT2D eigenvalue weighted by Crippen LogP contribution is -2.17. The minimum Gasteiger partial charge on any atom is -0.460 e. The Kier molecular flexibility index (Phi) is 2.91. The van der Waals surface area contributed by atoms with E-state index in [1.54, 1.807) is 32.0 Å². The quantitative estimate of drug-likeness (QED) is 0.460. The first kappa shape index (κ1) is 11.3. The number of hydrogen-bond acceptors (Lipinski definition) is 5. The van der Waals surface area contributed by atoms with Crippen molar-refractivity contribution in [2.75, 3.05) is 6.61 Å². The molecule has 1 aromatic carbocycles. The molecule has 1 aromatic heterocycles. The number of carbonyl (C=O) groups excluding carboxylic acids is 2. The summed E-state index contributed by atoms with van der Waals surface area (Å²) in [6.07, 6.45) is 0. The molecule has 0 amide bonds. The van der Waals surface area contributed by atoms with Crippen molar-refractivity contribution in [2.45, 2.75) is 13.8 Å². The molecule has 17 heavy (non-hydrogen) atoms. The van der Waals surface area contributed by atoms with Crippen LogP contribution in [0.15, 0.2) is 22.7 Å². The Bertz CT molecular complexity index is 585. The number of aryl methyl sites for hydroxylation is 1. The number of ether oxygens (including phenoxy) is 1. The average molecular weight is 233 g/mol. The Labute approximate surface area is 97.3 Å². The van der Waals surface area contributed by atoms with Crippen molar-refractivity contribution in [1.29, 1.82) is 0 Å². The zero-order chi connectivity index (χ0) is 12.4. The summed E-state index contributed by atoms with van der Waals surface area (Å²) in [4.78, 5) is 23.3. The first-order valence-electron chi connectivity index (χ1n) is 5.21. The monoisotopic (exact) mass is 233 g/mol. The van der Waals surface area contributed by atoms with E-state index in [1.165, 1.54) is 0 Å². The fourth-order valence-electron chi connectivity index (χ4n) is 1.64. The van der Waals surface area contributed by atoms with Crippen LogP contribution in [-0.2, 0) is 9.53 Å². The fourth-order valence-corrected chi connectivity index (χ4v) is 1.64. The van der Waals surface area contributed by atoms with Gasteiger partial charge in [0.2, 0.25) is 0 Å². The standard InChI is InChI=1S/C12H11NO4/c1-3-16-12(15)11(14)8-5-4-6-9-10(8)7(2)13-17-9/h4-6H,3H2,1-2H3. The van der Waals surface area contributed by atoms with E-state index in [0.717, 1.165) is 0 Å². The maximum Gasteiger partial charge on any atom is 0.379 e. The number of nitrogens with zero attached hydrogens (tertiary/aromatic N) is 1. The van der Waals surface area contributed by atoms with E-state index in [4.69, 9.17) is 4.52 Å². The Morgan fingerprint density at radius 1 is 1.41 bits per heavy atom. The van der Waals surface area contributed by atoms with Gasteiger partial charge in [-0.25, -0.2) is 4.79 Å². The summed E-state index contributed by atoms with van der Waals surface area (Å²) in [6, 6.07) is 4.89. The third-order valence-electron chi connectivity index (χ3n) is 2.37. The van der Waals surface area contributed by atoms with Crippen LogP contribution >= 0.6 is 0 Å². The lowest BCUT2D eigenvalue weighted by atomic mass is 10.0. The number of rotatable bonds is 3. The molecular weight excluding hydrogens is 222 g/mol. The number of esters is 1. The molecule has 0 fully saturated rings. The summed E-state index contributed by atoms with van der Waals surface area (Å²) < 4.78 is 9.71. The minimum atomic E-state index is -0.861. The predicted octanol–water partition coefficient (Wildman–Crippen LogP) is 1.88. The number of carbonyl (C=O) groups is 2. The second kappa shape index (κ2) is 4.37. The molecule has 0 N–H and O–H groups in total. The van der Waals surface area contributed by atoms with Gasteiger partial charge in [0.25, 0.3) is 5.78 Å². The number of ketones is 1. The van der Waals surface area contributed by atoms with E-state index in [0.29, 0.717) is 16.7 Å². The molecule has 1 heterocycles. The van der Waals surface area contributed by atoms with Gasteiger partial charge in [0.05, 0.1) is 17.7 Å². The van der Waals surface area contributed by atoms with Crippen LogP contribution in [0.25, 0.3) is 11.0 Å². The van der Waals surface area contributed by atoms with E-state index in [1.807, 2.05) is 0 Å². The van der Waals surface area contributed by atoms with Crippen LogP contribution in [-0.4, -0.2) is 23.5 Å². The van der Waals surface area contributed by atoms with Crippen LogP contribution < -0.4 is 0 Å². The second-order valence-electron chi connectivity index (χ2n) is 3.50. The van der Waals surface area contributed by atoms with Gasteiger partial charge in [0, 0.05) is 5.56 Å². The summed E-state index contributed by atoms with van der Waals surface area (Å²) in [5.74, 6) is -1.54. The van der Waals surface area contributed by atoms with Crippen LogP contribution in [0, 0.1) is 6.92 Å². The Balaban J connectivity index is 2.51. The van der Waals surface area contributed by atoms with Gasteiger partial charge >= 0.3 is 5.97 Å². The lowest BCUT2D eigenvalue weighted by Gasteiger charge is -2.01. The fraction of sp³-hybridized carbons (Fsp3) is 0.250. The average Bonchev–Trinajstić information content (AvgIpc) is 2.71. The molecule has 0 unspecified atom stereocenters. The summed E-state index contributed by atoms with van der Waals surface area (Å²) in [6.45, 7) is 3.54. The second-order valence-corrected chi connectivity index (χ2v) is 3.50. The molecule has 88 valence electrons. The third kappa shape index (κ3) is 1.91. The zero-order valence-corrected chi connectivity index (χ0v) is 9.52. The Morgan fingerprint density at radius 3 is 2.88 bits per heavy atom. The van der Waals surface area contributed by atoms with Crippen molar-refractivity contribution in [3.05, 3.63) is 29.5 Å². The zero-order valence-electron chi connectivity index (χ0n) is 9.52.